The van der Waals surface area contributed by atoms with Gasteiger partial charge in [0.15, 0.2) is 5.75 Å². The van der Waals surface area contributed by atoms with Gasteiger partial charge >= 0.3 is 0 Å². The molecular weight excluding hydrogens is 541 g/mol. The van der Waals surface area contributed by atoms with Crippen molar-refractivity contribution in [3.05, 3.63) is 81.8 Å². The van der Waals surface area contributed by atoms with Gasteiger partial charge in [0.1, 0.15) is 22.0 Å². The van der Waals surface area contributed by atoms with E-state index < -0.39 is 26.7 Å². The van der Waals surface area contributed by atoms with Crippen LogP contribution in [0.5, 0.6) is 11.5 Å². The maximum absolute atomic E-state index is 13.2. The van der Waals surface area contributed by atoms with Gasteiger partial charge in [-0.3, -0.25) is 9.35 Å². The predicted molar refractivity (Wildman–Crippen MR) is 142 cm³/mol. The molecule has 0 bridgehead atoms. The van der Waals surface area contributed by atoms with Crippen LogP contribution >= 0.6 is 23.2 Å². The molecule has 0 aromatic heterocycles. The highest BCUT2D eigenvalue weighted by Gasteiger charge is 2.21. The zero-order valence-electron chi connectivity index (χ0n) is 19.4. The third-order valence-electron chi connectivity index (χ3n) is 5.46. The quantitative estimate of drug-likeness (QED) is 0.170. The Morgan fingerprint density at radius 3 is 2.43 bits per heavy atom. The molecule has 0 saturated carbocycles. The third kappa shape index (κ3) is 5.37. The van der Waals surface area contributed by atoms with Crippen LogP contribution in [0.25, 0.3) is 10.8 Å². The number of benzene rings is 4. The van der Waals surface area contributed by atoms with Gasteiger partial charge in [0, 0.05) is 5.39 Å². The molecule has 4 aromatic rings. The van der Waals surface area contributed by atoms with Crippen molar-refractivity contribution >= 4 is 67.1 Å². The number of para-hydroxylation sites is 1. The number of amides is 1. The van der Waals surface area contributed by atoms with E-state index in [4.69, 9.17) is 27.9 Å². The molecule has 0 aliphatic carbocycles. The first-order chi connectivity index (χ1) is 17.5. The topological polar surface area (TPSA) is 138 Å². The number of methoxy groups -OCH3 is 1. The van der Waals surface area contributed by atoms with Gasteiger partial charge in [0.05, 0.1) is 28.4 Å². The van der Waals surface area contributed by atoms with Crippen molar-refractivity contribution in [1.29, 1.82) is 0 Å². The number of azo groups is 1. The molecule has 0 aliphatic rings. The fourth-order valence-corrected chi connectivity index (χ4v) is 4.92. The van der Waals surface area contributed by atoms with E-state index >= 15 is 0 Å². The molecule has 0 spiro atoms. The lowest BCUT2D eigenvalue weighted by atomic mass is 10.0. The van der Waals surface area contributed by atoms with E-state index in [-0.39, 0.29) is 32.7 Å². The number of nitrogens with zero attached hydrogens (tertiary/aromatic N) is 2. The first-order valence-electron chi connectivity index (χ1n) is 10.6. The van der Waals surface area contributed by atoms with E-state index in [1.54, 1.807) is 49.4 Å². The second-order valence-electron chi connectivity index (χ2n) is 7.86. The van der Waals surface area contributed by atoms with Crippen LogP contribution in [0.15, 0.2) is 75.8 Å². The Bertz CT molecular complexity index is 1690. The van der Waals surface area contributed by atoms with Crippen molar-refractivity contribution in [2.45, 2.75) is 11.8 Å². The van der Waals surface area contributed by atoms with E-state index in [0.717, 1.165) is 6.07 Å². The Balaban J connectivity index is 1.81. The summed E-state index contributed by atoms with van der Waals surface area (Å²) in [7, 11) is -3.10. The summed E-state index contributed by atoms with van der Waals surface area (Å²) in [5, 5.41) is 23.1. The second-order valence-corrected chi connectivity index (χ2v) is 10.1. The van der Waals surface area contributed by atoms with Crippen LogP contribution in [-0.2, 0) is 10.1 Å². The number of aryl methyl sites for hydroxylation is 1. The molecule has 0 radical (unpaired) electrons. The fraction of sp³-hybridized carbons (Fsp3) is 0.0800. The van der Waals surface area contributed by atoms with Crippen LogP contribution < -0.4 is 10.1 Å². The lowest BCUT2D eigenvalue weighted by Crippen LogP contribution is -2.13. The molecule has 0 heterocycles. The molecule has 0 saturated heterocycles. The summed E-state index contributed by atoms with van der Waals surface area (Å²) < 4.78 is 37.6. The maximum Gasteiger partial charge on any atom is 0.296 e. The van der Waals surface area contributed by atoms with Crippen molar-refractivity contribution in [1.82, 2.24) is 0 Å². The Hall–Kier alpha value is -3.70. The highest BCUT2D eigenvalue weighted by Crippen LogP contribution is 2.41. The van der Waals surface area contributed by atoms with E-state index in [9.17, 15) is 22.9 Å². The minimum absolute atomic E-state index is 0.00347. The SMILES string of the molecule is COc1cccc(Cl)c1NC(=O)c1cc2ccccc2c(N=Nc2cc(Cl)c(S(=O)(=O)O)cc2C)c1O. The average molecular weight is 560 g/mol. The summed E-state index contributed by atoms with van der Waals surface area (Å²) in [6, 6.07) is 15.7. The minimum Gasteiger partial charge on any atom is -0.505 e. The number of phenolic OH excluding ortho intramolecular Hbond substituents is 1. The molecule has 0 aliphatic heterocycles. The number of fused-ring (bicyclic) bond motifs is 1. The zero-order valence-corrected chi connectivity index (χ0v) is 21.7. The van der Waals surface area contributed by atoms with E-state index in [1.807, 2.05) is 0 Å². The van der Waals surface area contributed by atoms with Crippen LogP contribution in [0.4, 0.5) is 17.1 Å². The van der Waals surface area contributed by atoms with Crippen LogP contribution in [0.3, 0.4) is 0 Å². The molecule has 4 aromatic carbocycles. The number of carbonyl (C=O) groups is 1. The summed E-state index contributed by atoms with van der Waals surface area (Å²) >= 11 is 12.2. The van der Waals surface area contributed by atoms with Crippen LogP contribution in [0, 0.1) is 6.92 Å². The third-order valence-corrected chi connectivity index (χ3v) is 7.09. The average Bonchev–Trinajstić information content (AvgIpc) is 2.85. The number of nitrogens with one attached hydrogen (secondary N) is 1. The van der Waals surface area contributed by atoms with Gasteiger partial charge in [-0.15, -0.1) is 5.11 Å². The Morgan fingerprint density at radius 1 is 1.00 bits per heavy atom. The standard InChI is InChI=1S/C25H19Cl2N3O6S/c1-13-10-21(37(33,34)35)18(27)12-19(13)29-30-22-15-7-4-3-6-14(15)11-16(24(22)31)25(32)28-23-17(26)8-5-9-20(23)36-2/h3-12,31H,1-2H3,(H,28,32)(H,33,34,35). The van der Waals surface area contributed by atoms with Crippen molar-refractivity contribution in [2.75, 3.05) is 12.4 Å². The molecular formula is C25H19Cl2N3O6S. The van der Waals surface area contributed by atoms with Crippen molar-refractivity contribution in [3.8, 4) is 11.5 Å². The summed E-state index contributed by atoms with van der Waals surface area (Å²) in [5.41, 5.74) is 0.687. The summed E-state index contributed by atoms with van der Waals surface area (Å²) in [6.07, 6.45) is 0. The number of halogens is 2. The number of hydrogen-bond acceptors (Lipinski definition) is 7. The number of anilines is 1. The second kappa shape index (κ2) is 10.3. The van der Waals surface area contributed by atoms with Gasteiger partial charge in [0.2, 0.25) is 0 Å². The van der Waals surface area contributed by atoms with Gasteiger partial charge in [-0.2, -0.15) is 13.5 Å². The van der Waals surface area contributed by atoms with Crippen molar-refractivity contribution in [2.24, 2.45) is 10.2 Å². The smallest absolute Gasteiger partial charge is 0.296 e. The van der Waals surface area contributed by atoms with Gasteiger partial charge in [-0.25, -0.2) is 0 Å². The Kier molecular flexibility index (Phi) is 7.37. The Labute approximate surface area is 222 Å². The first kappa shape index (κ1) is 26.4. The number of hydrogen-bond donors (Lipinski definition) is 3. The zero-order chi connectivity index (χ0) is 26.9. The number of rotatable bonds is 6. The number of phenols is 1. The summed E-state index contributed by atoms with van der Waals surface area (Å²) in [5.74, 6) is -0.770. The largest absolute Gasteiger partial charge is 0.505 e. The lowest BCUT2D eigenvalue weighted by molar-refractivity contribution is 0.102. The molecule has 9 nitrogen and oxygen atoms in total. The predicted octanol–water partition coefficient (Wildman–Crippen LogP) is 7.08. The highest BCUT2D eigenvalue weighted by atomic mass is 35.5. The molecule has 3 N–H and O–H groups in total. The van der Waals surface area contributed by atoms with E-state index in [0.29, 0.717) is 22.1 Å². The molecule has 0 unspecified atom stereocenters. The number of aromatic hydroxyl groups is 1. The monoisotopic (exact) mass is 559 g/mol. The highest BCUT2D eigenvalue weighted by molar-refractivity contribution is 7.86. The molecule has 1 amide bonds. The van der Waals surface area contributed by atoms with Gasteiger partial charge in [-0.1, -0.05) is 53.5 Å². The summed E-state index contributed by atoms with van der Waals surface area (Å²) in [4.78, 5) is 12.7. The van der Waals surface area contributed by atoms with E-state index in [2.05, 4.69) is 15.5 Å². The van der Waals surface area contributed by atoms with Crippen LogP contribution in [0.2, 0.25) is 10.0 Å². The summed E-state index contributed by atoms with van der Waals surface area (Å²) in [6.45, 7) is 1.55. The molecule has 0 fully saturated rings. The lowest BCUT2D eigenvalue weighted by Gasteiger charge is -2.14. The van der Waals surface area contributed by atoms with Gasteiger partial charge in [0.25, 0.3) is 16.0 Å². The first-order valence-corrected chi connectivity index (χ1v) is 12.8. The fourth-order valence-electron chi connectivity index (χ4n) is 3.62. The van der Waals surface area contributed by atoms with Crippen molar-refractivity contribution < 1.29 is 27.6 Å². The minimum atomic E-state index is -4.53. The number of carbonyl (C=O) groups excluding carboxylic acids is 1. The number of ether oxygens (including phenoxy) is 1. The molecule has 12 heteroatoms. The normalized spacial score (nSPS) is 11.7. The molecule has 4 rings (SSSR count). The van der Waals surface area contributed by atoms with Crippen LogP contribution in [-0.4, -0.2) is 31.1 Å². The van der Waals surface area contributed by atoms with Crippen molar-refractivity contribution in [3.63, 3.8) is 0 Å². The van der Waals surface area contributed by atoms with E-state index in [1.165, 1.54) is 19.2 Å². The van der Waals surface area contributed by atoms with Gasteiger partial charge in [-0.05, 0) is 48.2 Å². The molecule has 37 heavy (non-hydrogen) atoms. The maximum atomic E-state index is 13.2. The molecule has 190 valence electrons. The molecule has 0 atom stereocenters. The van der Waals surface area contributed by atoms with Gasteiger partial charge < -0.3 is 15.2 Å². The van der Waals surface area contributed by atoms with Crippen LogP contribution in [0.1, 0.15) is 15.9 Å². The Morgan fingerprint density at radius 2 is 1.73 bits per heavy atom.